The normalized spacial score (nSPS) is 12.6. The number of benzene rings is 1. The quantitative estimate of drug-likeness (QED) is 0.819. The van der Waals surface area contributed by atoms with Gasteiger partial charge in [0, 0.05) is 36.3 Å². The van der Waals surface area contributed by atoms with Gasteiger partial charge >= 0.3 is 0 Å². The SMILES string of the molecule is CC[C@H](CNc1cc(OC)cc2cccnc12)NC(C)C. The van der Waals surface area contributed by atoms with Crippen LogP contribution in [0.15, 0.2) is 30.5 Å². The molecule has 0 spiro atoms. The lowest BCUT2D eigenvalue weighted by molar-refractivity contribution is 0.415. The van der Waals surface area contributed by atoms with Crippen LogP contribution in [0.25, 0.3) is 10.9 Å². The molecule has 0 unspecified atom stereocenters. The first-order valence-corrected chi connectivity index (χ1v) is 7.56. The number of fused-ring (bicyclic) bond motifs is 1. The number of hydrogen-bond acceptors (Lipinski definition) is 4. The van der Waals surface area contributed by atoms with Crippen LogP contribution in [0.2, 0.25) is 0 Å². The summed E-state index contributed by atoms with van der Waals surface area (Å²) in [5, 5.41) is 8.16. The maximum absolute atomic E-state index is 5.38. The molecule has 21 heavy (non-hydrogen) atoms. The third-order valence-corrected chi connectivity index (χ3v) is 3.51. The molecule has 1 atom stereocenters. The zero-order valence-corrected chi connectivity index (χ0v) is 13.3. The maximum Gasteiger partial charge on any atom is 0.121 e. The van der Waals surface area contributed by atoms with Gasteiger partial charge in [-0.05, 0) is 18.6 Å². The Balaban J connectivity index is 2.20. The zero-order valence-electron chi connectivity index (χ0n) is 13.3. The van der Waals surface area contributed by atoms with Crippen molar-refractivity contribution in [3.8, 4) is 5.75 Å². The van der Waals surface area contributed by atoms with E-state index < -0.39 is 0 Å². The van der Waals surface area contributed by atoms with Crippen molar-refractivity contribution in [3.63, 3.8) is 0 Å². The standard InChI is InChI=1S/C17H25N3O/c1-5-14(20-12(2)3)11-19-16-10-15(21-4)9-13-7-6-8-18-17(13)16/h6-10,12,14,19-20H,5,11H2,1-4H3/t14-/m1/s1. The van der Waals surface area contributed by atoms with Crippen molar-refractivity contribution < 1.29 is 4.74 Å². The second-order valence-corrected chi connectivity index (χ2v) is 5.56. The molecule has 0 bridgehead atoms. The fourth-order valence-electron chi connectivity index (χ4n) is 2.44. The smallest absolute Gasteiger partial charge is 0.121 e. The third-order valence-electron chi connectivity index (χ3n) is 3.51. The van der Waals surface area contributed by atoms with Gasteiger partial charge in [-0.3, -0.25) is 4.98 Å². The molecule has 114 valence electrons. The van der Waals surface area contributed by atoms with Gasteiger partial charge in [0.25, 0.3) is 0 Å². The number of hydrogen-bond donors (Lipinski definition) is 2. The first kappa shape index (κ1) is 15.6. The Morgan fingerprint density at radius 2 is 2.10 bits per heavy atom. The Kier molecular flexibility index (Phi) is 5.39. The summed E-state index contributed by atoms with van der Waals surface area (Å²) >= 11 is 0. The molecular weight excluding hydrogens is 262 g/mol. The van der Waals surface area contributed by atoms with Crippen molar-refractivity contribution >= 4 is 16.6 Å². The first-order valence-electron chi connectivity index (χ1n) is 7.56. The average molecular weight is 287 g/mol. The fourth-order valence-corrected chi connectivity index (χ4v) is 2.44. The van der Waals surface area contributed by atoms with Gasteiger partial charge in [-0.1, -0.05) is 26.8 Å². The Bertz CT molecular complexity index is 583. The van der Waals surface area contributed by atoms with Gasteiger partial charge in [0.2, 0.25) is 0 Å². The number of aromatic nitrogens is 1. The van der Waals surface area contributed by atoms with Crippen molar-refractivity contribution in [3.05, 3.63) is 30.5 Å². The summed E-state index contributed by atoms with van der Waals surface area (Å²) in [4.78, 5) is 4.48. The summed E-state index contributed by atoms with van der Waals surface area (Å²) in [6, 6.07) is 8.95. The summed E-state index contributed by atoms with van der Waals surface area (Å²) in [6.07, 6.45) is 2.91. The van der Waals surface area contributed by atoms with Crippen molar-refractivity contribution in [2.24, 2.45) is 0 Å². The predicted octanol–water partition coefficient (Wildman–Crippen LogP) is 3.43. The van der Waals surface area contributed by atoms with Crippen LogP contribution >= 0.6 is 0 Å². The van der Waals surface area contributed by atoms with Gasteiger partial charge in [0.05, 0.1) is 18.3 Å². The molecule has 2 aromatic rings. The van der Waals surface area contributed by atoms with Gasteiger partial charge in [-0.25, -0.2) is 0 Å². The molecule has 2 rings (SSSR count). The van der Waals surface area contributed by atoms with Crippen LogP contribution in [0.5, 0.6) is 5.75 Å². The van der Waals surface area contributed by atoms with Crippen LogP contribution in [-0.4, -0.2) is 30.7 Å². The lowest BCUT2D eigenvalue weighted by Gasteiger charge is -2.21. The van der Waals surface area contributed by atoms with Crippen LogP contribution in [0.4, 0.5) is 5.69 Å². The Labute approximate surface area is 126 Å². The van der Waals surface area contributed by atoms with Crippen molar-refractivity contribution in [1.82, 2.24) is 10.3 Å². The largest absolute Gasteiger partial charge is 0.497 e. The van der Waals surface area contributed by atoms with Crippen LogP contribution in [0.3, 0.4) is 0 Å². The number of pyridine rings is 1. The van der Waals surface area contributed by atoms with Crippen LogP contribution in [-0.2, 0) is 0 Å². The van der Waals surface area contributed by atoms with Crippen LogP contribution < -0.4 is 15.4 Å². The minimum Gasteiger partial charge on any atom is -0.497 e. The highest BCUT2D eigenvalue weighted by molar-refractivity contribution is 5.91. The van der Waals surface area contributed by atoms with Crippen molar-refractivity contribution in [2.45, 2.75) is 39.3 Å². The molecule has 1 heterocycles. The lowest BCUT2D eigenvalue weighted by atomic mass is 10.1. The molecule has 1 aromatic heterocycles. The lowest BCUT2D eigenvalue weighted by Crippen LogP contribution is -2.39. The van der Waals surface area contributed by atoms with E-state index in [1.54, 1.807) is 7.11 Å². The second kappa shape index (κ2) is 7.27. The van der Waals surface area contributed by atoms with Crippen LogP contribution in [0, 0.1) is 0 Å². The van der Waals surface area contributed by atoms with Crippen molar-refractivity contribution in [1.29, 1.82) is 0 Å². The molecular formula is C17H25N3O. The summed E-state index contributed by atoms with van der Waals surface area (Å²) in [7, 11) is 1.69. The van der Waals surface area contributed by atoms with Gasteiger partial charge in [0.15, 0.2) is 0 Å². The van der Waals surface area contributed by atoms with E-state index in [1.165, 1.54) is 0 Å². The molecule has 0 amide bonds. The highest BCUT2D eigenvalue weighted by Gasteiger charge is 2.10. The number of methoxy groups -OCH3 is 1. The second-order valence-electron chi connectivity index (χ2n) is 5.56. The van der Waals surface area contributed by atoms with Gasteiger partial charge in [-0.2, -0.15) is 0 Å². The summed E-state index contributed by atoms with van der Waals surface area (Å²) < 4.78 is 5.38. The summed E-state index contributed by atoms with van der Waals surface area (Å²) in [6.45, 7) is 7.41. The van der Waals surface area contributed by atoms with E-state index in [0.29, 0.717) is 12.1 Å². The molecule has 4 nitrogen and oxygen atoms in total. The monoisotopic (exact) mass is 287 g/mol. The minimum atomic E-state index is 0.440. The molecule has 4 heteroatoms. The topological polar surface area (TPSA) is 46.2 Å². The number of anilines is 1. The Morgan fingerprint density at radius 1 is 1.29 bits per heavy atom. The molecule has 0 radical (unpaired) electrons. The summed E-state index contributed by atoms with van der Waals surface area (Å²) in [5.41, 5.74) is 2.01. The fraction of sp³-hybridized carbons (Fsp3) is 0.471. The molecule has 1 aromatic carbocycles. The molecule has 0 saturated carbocycles. The third kappa shape index (κ3) is 4.08. The molecule has 2 N–H and O–H groups in total. The number of rotatable bonds is 7. The van der Waals surface area contributed by atoms with E-state index in [9.17, 15) is 0 Å². The molecule has 0 saturated heterocycles. The summed E-state index contributed by atoms with van der Waals surface area (Å²) in [5.74, 6) is 0.850. The first-order chi connectivity index (χ1) is 10.1. The van der Waals surface area contributed by atoms with E-state index in [4.69, 9.17) is 4.74 Å². The molecule has 0 aliphatic heterocycles. The highest BCUT2D eigenvalue weighted by Crippen LogP contribution is 2.27. The maximum atomic E-state index is 5.38. The Morgan fingerprint density at radius 3 is 2.76 bits per heavy atom. The van der Waals surface area contributed by atoms with Gasteiger partial charge in [-0.15, -0.1) is 0 Å². The number of nitrogens with zero attached hydrogens (tertiary/aromatic N) is 1. The van der Waals surface area contributed by atoms with Crippen LogP contribution in [0.1, 0.15) is 27.2 Å². The minimum absolute atomic E-state index is 0.440. The van der Waals surface area contributed by atoms with E-state index in [-0.39, 0.29) is 0 Å². The van der Waals surface area contributed by atoms with E-state index in [1.807, 2.05) is 24.4 Å². The number of nitrogens with one attached hydrogen (secondary N) is 2. The van der Waals surface area contributed by atoms with Gasteiger partial charge < -0.3 is 15.4 Å². The van der Waals surface area contributed by atoms with E-state index >= 15 is 0 Å². The molecule has 0 aliphatic carbocycles. The van der Waals surface area contributed by atoms with E-state index in [0.717, 1.165) is 35.3 Å². The van der Waals surface area contributed by atoms with Gasteiger partial charge in [0.1, 0.15) is 5.75 Å². The van der Waals surface area contributed by atoms with Crippen molar-refractivity contribution in [2.75, 3.05) is 19.0 Å². The number of ether oxygens (including phenoxy) is 1. The highest BCUT2D eigenvalue weighted by atomic mass is 16.5. The molecule has 0 aliphatic rings. The predicted molar refractivity (Wildman–Crippen MR) is 89.1 cm³/mol. The van der Waals surface area contributed by atoms with E-state index in [2.05, 4.69) is 42.5 Å². The molecule has 0 fully saturated rings. The Hall–Kier alpha value is -1.81. The zero-order chi connectivity index (χ0) is 15.2. The average Bonchev–Trinajstić information content (AvgIpc) is 2.50.